The van der Waals surface area contributed by atoms with E-state index in [1.165, 1.54) is 24.4 Å². The largest absolute Gasteiger partial charge is 0.322 e. The van der Waals surface area contributed by atoms with Gasteiger partial charge in [0, 0.05) is 28.3 Å². The highest BCUT2D eigenvalue weighted by atomic mass is 35.7. The zero-order valence-corrected chi connectivity index (χ0v) is 13.1. The van der Waals surface area contributed by atoms with Crippen LogP contribution in [0.5, 0.6) is 0 Å². The average molecular weight is 345 g/mol. The third kappa shape index (κ3) is 3.93. The SMILES string of the molecule is Cc1ccc(C(=O)Nc2ccc(S(=O)(=O)Cl)c(Cl)c2)cn1. The van der Waals surface area contributed by atoms with Crippen molar-refractivity contribution in [2.24, 2.45) is 0 Å². The molecule has 0 bridgehead atoms. The van der Waals surface area contributed by atoms with Crippen molar-refractivity contribution < 1.29 is 13.2 Å². The van der Waals surface area contributed by atoms with E-state index in [1.54, 1.807) is 12.1 Å². The van der Waals surface area contributed by atoms with Crippen LogP contribution in [-0.4, -0.2) is 19.3 Å². The normalized spacial score (nSPS) is 11.2. The molecule has 110 valence electrons. The number of pyridine rings is 1. The number of nitrogens with one attached hydrogen (secondary N) is 1. The summed E-state index contributed by atoms with van der Waals surface area (Å²) >= 11 is 5.84. The van der Waals surface area contributed by atoms with Gasteiger partial charge in [0.05, 0.1) is 10.6 Å². The van der Waals surface area contributed by atoms with Crippen LogP contribution in [0.25, 0.3) is 0 Å². The summed E-state index contributed by atoms with van der Waals surface area (Å²) in [6.07, 6.45) is 1.45. The molecular weight excluding hydrogens is 335 g/mol. The molecule has 8 heteroatoms. The van der Waals surface area contributed by atoms with Gasteiger partial charge in [-0.25, -0.2) is 8.42 Å². The summed E-state index contributed by atoms with van der Waals surface area (Å²) in [5, 5.41) is 2.53. The summed E-state index contributed by atoms with van der Waals surface area (Å²) in [7, 11) is 1.31. The highest BCUT2D eigenvalue weighted by Gasteiger charge is 2.15. The molecular formula is C13H10Cl2N2O3S. The minimum Gasteiger partial charge on any atom is -0.322 e. The Labute approximate surface area is 131 Å². The van der Waals surface area contributed by atoms with Crippen LogP contribution in [-0.2, 0) is 9.05 Å². The molecule has 0 aliphatic rings. The Morgan fingerprint density at radius 2 is 1.95 bits per heavy atom. The maximum absolute atomic E-state index is 12.0. The van der Waals surface area contributed by atoms with E-state index in [0.717, 1.165) is 5.69 Å². The first-order chi connectivity index (χ1) is 9.77. The van der Waals surface area contributed by atoms with Crippen molar-refractivity contribution in [3.05, 3.63) is 52.8 Å². The number of anilines is 1. The Hall–Kier alpha value is -1.63. The van der Waals surface area contributed by atoms with Crippen molar-refractivity contribution >= 4 is 42.9 Å². The van der Waals surface area contributed by atoms with E-state index in [0.29, 0.717) is 11.3 Å². The smallest absolute Gasteiger partial charge is 0.262 e. The fraction of sp³-hybridized carbons (Fsp3) is 0.0769. The van der Waals surface area contributed by atoms with Crippen molar-refractivity contribution in [3.8, 4) is 0 Å². The van der Waals surface area contributed by atoms with Gasteiger partial charge in [0.25, 0.3) is 15.0 Å². The lowest BCUT2D eigenvalue weighted by Gasteiger charge is -2.07. The molecule has 0 saturated heterocycles. The Morgan fingerprint density at radius 1 is 1.24 bits per heavy atom. The van der Waals surface area contributed by atoms with Gasteiger partial charge in [0.1, 0.15) is 4.90 Å². The highest BCUT2D eigenvalue weighted by Crippen LogP contribution is 2.27. The number of nitrogens with zero attached hydrogens (tertiary/aromatic N) is 1. The third-order valence-electron chi connectivity index (χ3n) is 2.63. The van der Waals surface area contributed by atoms with E-state index >= 15 is 0 Å². The molecule has 5 nitrogen and oxygen atoms in total. The predicted octanol–water partition coefficient (Wildman–Crippen LogP) is 3.22. The van der Waals surface area contributed by atoms with Crippen LogP contribution in [0.2, 0.25) is 5.02 Å². The molecule has 1 N–H and O–H groups in total. The van der Waals surface area contributed by atoms with Crippen LogP contribution in [0.4, 0.5) is 5.69 Å². The lowest BCUT2D eigenvalue weighted by Crippen LogP contribution is -2.12. The second kappa shape index (κ2) is 6.01. The molecule has 1 aromatic carbocycles. The predicted molar refractivity (Wildman–Crippen MR) is 81.4 cm³/mol. The van der Waals surface area contributed by atoms with Gasteiger partial charge in [-0.2, -0.15) is 0 Å². The van der Waals surface area contributed by atoms with Crippen LogP contribution in [0, 0.1) is 6.92 Å². The molecule has 21 heavy (non-hydrogen) atoms. The Kier molecular flexibility index (Phi) is 4.51. The van der Waals surface area contributed by atoms with Gasteiger partial charge < -0.3 is 5.32 Å². The van der Waals surface area contributed by atoms with Gasteiger partial charge in [-0.3, -0.25) is 9.78 Å². The summed E-state index contributed by atoms with van der Waals surface area (Å²) in [5.41, 5.74) is 1.53. The Bertz CT molecular complexity index is 790. The molecule has 0 radical (unpaired) electrons. The number of carbonyl (C=O) groups is 1. The minimum absolute atomic E-state index is 0.0650. The van der Waals surface area contributed by atoms with E-state index in [-0.39, 0.29) is 15.8 Å². The Morgan fingerprint density at radius 3 is 2.48 bits per heavy atom. The van der Waals surface area contributed by atoms with Crippen molar-refractivity contribution in [3.63, 3.8) is 0 Å². The molecule has 2 aromatic rings. The number of carbonyl (C=O) groups excluding carboxylic acids is 1. The zero-order chi connectivity index (χ0) is 15.6. The monoisotopic (exact) mass is 344 g/mol. The second-order valence-corrected chi connectivity index (χ2v) is 7.17. The summed E-state index contributed by atoms with van der Waals surface area (Å²) in [5.74, 6) is -0.375. The van der Waals surface area contributed by atoms with E-state index in [9.17, 15) is 13.2 Å². The van der Waals surface area contributed by atoms with Crippen molar-refractivity contribution in [2.75, 3.05) is 5.32 Å². The van der Waals surface area contributed by atoms with Crippen LogP contribution in [0.3, 0.4) is 0 Å². The molecule has 0 saturated carbocycles. The van der Waals surface area contributed by atoms with E-state index < -0.39 is 9.05 Å². The molecule has 2 rings (SSSR count). The van der Waals surface area contributed by atoms with Gasteiger partial charge in [0.15, 0.2) is 0 Å². The van der Waals surface area contributed by atoms with Crippen LogP contribution in [0.15, 0.2) is 41.4 Å². The van der Waals surface area contributed by atoms with Gasteiger partial charge in [-0.05, 0) is 37.3 Å². The number of benzene rings is 1. The number of rotatable bonds is 3. The minimum atomic E-state index is -3.92. The standard InChI is InChI=1S/C13H10Cl2N2O3S/c1-8-2-3-9(7-16-8)13(18)17-10-4-5-12(11(14)6-10)21(15,19)20/h2-7H,1H3,(H,17,18). The molecule has 1 amide bonds. The topological polar surface area (TPSA) is 76.1 Å². The van der Waals surface area contributed by atoms with Crippen molar-refractivity contribution in [1.29, 1.82) is 0 Å². The van der Waals surface area contributed by atoms with Gasteiger partial charge in [0.2, 0.25) is 0 Å². The molecule has 0 fully saturated rings. The van der Waals surface area contributed by atoms with Gasteiger partial charge in [-0.1, -0.05) is 11.6 Å². The summed E-state index contributed by atoms with van der Waals surface area (Å²) in [6, 6.07) is 7.30. The van der Waals surface area contributed by atoms with E-state index in [4.69, 9.17) is 22.3 Å². The number of hydrogen-bond acceptors (Lipinski definition) is 4. The average Bonchev–Trinajstić information content (AvgIpc) is 2.37. The Balaban J connectivity index is 2.22. The van der Waals surface area contributed by atoms with E-state index in [2.05, 4.69) is 10.3 Å². The highest BCUT2D eigenvalue weighted by molar-refractivity contribution is 8.13. The quantitative estimate of drug-likeness (QED) is 0.867. The second-order valence-electron chi connectivity index (χ2n) is 4.23. The lowest BCUT2D eigenvalue weighted by molar-refractivity contribution is 0.102. The fourth-order valence-corrected chi connectivity index (χ4v) is 3.11. The molecule has 0 unspecified atom stereocenters. The number of aryl methyl sites for hydroxylation is 1. The number of halogens is 2. The number of aromatic nitrogens is 1. The first-order valence-corrected chi connectivity index (χ1v) is 8.44. The molecule has 1 heterocycles. The zero-order valence-electron chi connectivity index (χ0n) is 10.8. The fourth-order valence-electron chi connectivity index (χ4n) is 1.58. The molecule has 0 atom stereocenters. The molecule has 0 spiro atoms. The van der Waals surface area contributed by atoms with Crippen molar-refractivity contribution in [2.45, 2.75) is 11.8 Å². The first kappa shape index (κ1) is 15.8. The lowest BCUT2D eigenvalue weighted by atomic mass is 10.2. The van der Waals surface area contributed by atoms with Gasteiger partial charge in [-0.15, -0.1) is 0 Å². The summed E-state index contributed by atoms with van der Waals surface area (Å²) < 4.78 is 22.5. The number of amides is 1. The third-order valence-corrected chi connectivity index (χ3v) is 4.43. The van der Waals surface area contributed by atoms with Crippen molar-refractivity contribution in [1.82, 2.24) is 4.98 Å². The summed E-state index contributed by atoms with van der Waals surface area (Å²) in [4.78, 5) is 15.8. The van der Waals surface area contributed by atoms with Crippen LogP contribution >= 0.6 is 22.3 Å². The molecule has 1 aromatic heterocycles. The maximum Gasteiger partial charge on any atom is 0.262 e. The van der Waals surface area contributed by atoms with Crippen LogP contribution in [0.1, 0.15) is 16.1 Å². The molecule has 0 aliphatic heterocycles. The van der Waals surface area contributed by atoms with Gasteiger partial charge >= 0.3 is 0 Å². The molecule has 0 aliphatic carbocycles. The van der Waals surface area contributed by atoms with Crippen LogP contribution < -0.4 is 5.32 Å². The number of hydrogen-bond donors (Lipinski definition) is 1. The van der Waals surface area contributed by atoms with E-state index in [1.807, 2.05) is 6.92 Å². The maximum atomic E-state index is 12.0. The first-order valence-electron chi connectivity index (χ1n) is 5.75. The summed E-state index contributed by atoms with van der Waals surface area (Å²) in [6.45, 7) is 1.81.